The number of nitrogens with one attached hydrogen (secondary N) is 1. The van der Waals surface area contributed by atoms with Gasteiger partial charge < -0.3 is 9.84 Å². The molecule has 0 radical (unpaired) electrons. The first-order valence-electron chi connectivity index (χ1n) is 7.04. The molecule has 0 amide bonds. The fraction of sp³-hybridized carbons (Fsp3) is 0.846. The summed E-state index contributed by atoms with van der Waals surface area (Å²) < 4.78 is 5.29. The molecule has 0 atom stereocenters. The van der Waals surface area contributed by atoms with Crippen LogP contribution in [-0.4, -0.2) is 41.7 Å². The van der Waals surface area contributed by atoms with Crippen LogP contribution in [0.15, 0.2) is 4.52 Å². The normalized spacial score (nSPS) is 22.5. The molecule has 1 aliphatic carbocycles. The van der Waals surface area contributed by atoms with E-state index in [1.807, 2.05) is 7.05 Å². The maximum absolute atomic E-state index is 5.29. The Morgan fingerprint density at radius 1 is 1.28 bits per heavy atom. The lowest BCUT2D eigenvalue weighted by atomic mass is 9.97. The summed E-state index contributed by atoms with van der Waals surface area (Å²) >= 11 is 0. The quantitative estimate of drug-likeness (QED) is 0.855. The predicted octanol–water partition coefficient (Wildman–Crippen LogP) is 1.38. The molecule has 0 aromatic carbocycles. The van der Waals surface area contributed by atoms with E-state index >= 15 is 0 Å². The molecule has 2 fully saturated rings. The first-order chi connectivity index (χ1) is 8.85. The lowest BCUT2D eigenvalue weighted by Crippen LogP contribution is -2.36. The minimum absolute atomic E-state index is 0.563. The topological polar surface area (TPSA) is 54.2 Å². The van der Waals surface area contributed by atoms with Gasteiger partial charge in [0.15, 0.2) is 5.82 Å². The Kier molecular flexibility index (Phi) is 3.61. The third kappa shape index (κ3) is 2.90. The van der Waals surface area contributed by atoms with Gasteiger partial charge in [-0.2, -0.15) is 4.98 Å². The first kappa shape index (κ1) is 12.1. The van der Waals surface area contributed by atoms with E-state index in [-0.39, 0.29) is 0 Å². The van der Waals surface area contributed by atoms with Gasteiger partial charge in [-0.05, 0) is 58.3 Å². The molecule has 100 valence electrons. The highest BCUT2D eigenvalue weighted by molar-refractivity contribution is 5.01. The summed E-state index contributed by atoms with van der Waals surface area (Å²) in [5.41, 5.74) is 0. The summed E-state index contributed by atoms with van der Waals surface area (Å²) in [5, 5.41) is 7.35. The van der Waals surface area contributed by atoms with E-state index in [0.717, 1.165) is 43.8 Å². The van der Waals surface area contributed by atoms with Crippen molar-refractivity contribution in [3.8, 4) is 0 Å². The van der Waals surface area contributed by atoms with Crippen LogP contribution in [0.1, 0.15) is 43.3 Å². The molecule has 3 rings (SSSR count). The number of hydrogen-bond donors (Lipinski definition) is 1. The van der Waals surface area contributed by atoms with Crippen molar-refractivity contribution >= 4 is 0 Å². The second-order valence-electron chi connectivity index (χ2n) is 5.60. The lowest BCUT2D eigenvalue weighted by Gasteiger charge is -2.30. The highest BCUT2D eigenvalue weighted by Gasteiger charge is 2.30. The number of rotatable bonds is 5. The predicted molar refractivity (Wildman–Crippen MR) is 68.2 cm³/mol. The second kappa shape index (κ2) is 5.36. The number of hydrogen-bond acceptors (Lipinski definition) is 5. The van der Waals surface area contributed by atoms with E-state index in [4.69, 9.17) is 4.52 Å². The van der Waals surface area contributed by atoms with Gasteiger partial charge in [-0.1, -0.05) is 5.16 Å². The van der Waals surface area contributed by atoms with Crippen LogP contribution < -0.4 is 5.32 Å². The molecule has 1 aliphatic heterocycles. The summed E-state index contributed by atoms with van der Waals surface area (Å²) in [6.07, 6.45) is 4.98. The SMILES string of the molecule is CNCC1CCN(Cc2noc(C3CC3)n2)CC1. The van der Waals surface area contributed by atoms with Crippen molar-refractivity contribution in [2.75, 3.05) is 26.7 Å². The number of nitrogens with zero attached hydrogens (tertiary/aromatic N) is 3. The Morgan fingerprint density at radius 2 is 2.06 bits per heavy atom. The Labute approximate surface area is 108 Å². The van der Waals surface area contributed by atoms with Crippen molar-refractivity contribution in [2.45, 2.75) is 38.1 Å². The van der Waals surface area contributed by atoms with Crippen LogP contribution in [0.5, 0.6) is 0 Å². The van der Waals surface area contributed by atoms with Gasteiger partial charge >= 0.3 is 0 Å². The molecule has 1 saturated heterocycles. The van der Waals surface area contributed by atoms with Crippen molar-refractivity contribution in [1.29, 1.82) is 0 Å². The molecule has 0 bridgehead atoms. The van der Waals surface area contributed by atoms with Crippen LogP contribution in [-0.2, 0) is 6.54 Å². The van der Waals surface area contributed by atoms with Crippen molar-refractivity contribution in [3.63, 3.8) is 0 Å². The van der Waals surface area contributed by atoms with Crippen molar-refractivity contribution in [3.05, 3.63) is 11.7 Å². The highest BCUT2D eigenvalue weighted by atomic mass is 16.5. The number of likely N-dealkylation sites (tertiary alicyclic amines) is 1. The Bertz CT molecular complexity index is 380. The maximum atomic E-state index is 5.29. The molecule has 2 heterocycles. The minimum atomic E-state index is 0.563. The average Bonchev–Trinajstić information content (AvgIpc) is 3.13. The van der Waals surface area contributed by atoms with Gasteiger partial charge in [0, 0.05) is 5.92 Å². The maximum Gasteiger partial charge on any atom is 0.229 e. The van der Waals surface area contributed by atoms with Crippen LogP contribution in [0.2, 0.25) is 0 Å². The molecule has 0 unspecified atom stereocenters. The second-order valence-corrected chi connectivity index (χ2v) is 5.60. The molecule has 0 spiro atoms. The molecule has 1 aromatic heterocycles. The summed E-state index contributed by atoms with van der Waals surface area (Å²) in [6, 6.07) is 0. The average molecular weight is 250 g/mol. The summed E-state index contributed by atoms with van der Waals surface area (Å²) in [5.74, 6) is 3.12. The molecule has 2 aliphatic rings. The van der Waals surface area contributed by atoms with Gasteiger partial charge in [0.25, 0.3) is 0 Å². The van der Waals surface area contributed by atoms with Crippen LogP contribution in [0.25, 0.3) is 0 Å². The molecule has 1 N–H and O–H groups in total. The van der Waals surface area contributed by atoms with Gasteiger partial charge in [0.2, 0.25) is 5.89 Å². The molecular formula is C13H22N4O. The summed E-state index contributed by atoms with van der Waals surface area (Å²) in [6.45, 7) is 4.30. The third-order valence-corrected chi connectivity index (χ3v) is 3.98. The molecule has 5 nitrogen and oxygen atoms in total. The molecule has 1 aromatic rings. The Balaban J connectivity index is 1.47. The zero-order chi connectivity index (χ0) is 12.4. The summed E-state index contributed by atoms with van der Waals surface area (Å²) in [7, 11) is 2.03. The minimum Gasteiger partial charge on any atom is -0.339 e. The monoisotopic (exact) mass is 250 g/mol. The van der Waals surface area contributed by atoms with E-state index < -0.39 is 0 Å². The first-order valence-corrected chi connectivity index (χ1v) is 7.04. The van der Waals surface area contributed by atoms with Crippen LogP contribution >= 0.6 is 0 Å². The zero-order valence-electron chi connectivity index (χ0n) is 11.1. The largest absolute Gasteiger partial charge is 0.339 e. The van der Waals surface area contributed by atoms with Crippen molar-refractivity contribution in [1.82, 2.24) is 20.4 Å². The highest BCUT2D eigenvalue weighted by Crippen LogP contribution is 2.38. The van der Waals surface area contributed by atoms with Crippen LogP contribution in [0, 0.1) is 5.92 Å². The fourth-order valence-electron chi connectivity index (χ4n) is 2.67. The molecule has 1 saturated carbocycles. The Hall–Kier alpha value is -0.940. The van der Waals surface area contributed by atoms with Crippen molar-refractivity contribution < 1.29 is 4.52 Å². The lowest BCUT2D eigenvalue weighted by molar-refractivity contribution is 0.171. The van der Waals surface area contributed by atoms with E-state index in [9.17, 15) is 0 Å². The van der Waals surface area contributed by atoms with Crippen LogP contribution in [0.3, 0.4) is 0 Å². The fourth-order valence-corrected chi connectivity index (χ4v) is 2.67. The standard InChI is InChI=1S/C13H22N4O/c1-14-8-10-4-6-17(7-5-10)9-12-15-13(18-16-12)11-2-3-11/h10-11,14H,2-9H2,1H3. The number of aromatic nitrogens is 2. The van der Waals surface area contributed by atoms with Crippen LogP contribution in [0.4, 0.5) is 0 Å². The Morgan fingerprint density at radius 3 is 2.72 bits per heavy atom. The van der Waals surface area contributed by atoms with Crippen molar-refractivity contribution in [2.24, 2.45) is 5.92 Å². The third-order valence-electron chi connectivity index (χ3n) is 3.98. The smallest absolute Gasteiger partial charge is 0.229 e. The zero-order valence-corrected chi connectivity index (χ0v) is 11.1. The van der Waals surface area contributed by atoms with E-state index in [1.54, 1.807) is 0 Å². The number of piperidine rings is 1. The molecule has 18 heavy (non-hydrogen) atoms. The van der Waals surface area contributed by atoms with Gasteiger partial charge in [-0.25, -0.2) is 0 Å². The molecular weight excluding hydrogens is 228 g/mol. The summed E-state index contributed by atoms with van der Waals surface area (Å²) in [4.78, 5) is 6.93. The van der Waals surface area contributed by atoms with Gasteiger partial charge in [-0.15, -0.1) is 0 Å². The molecule has 5 heteroatoms. The van der Waals surface area contributed by atoms with Gasteiger partial charge in [0.05, 0.1) is 6.54 Å². The van der Waals surface area contributed by atoms with Gasteiger partial charge in [-0.3, -0.25) is 4.90 Å². The van der Waals surface area contributed by atoms with Gasteiger partial charge in [0.1, 0.15) is 0 Å². The van der Waals surface area contributed by atoms with E-state index in [1.165, 1.54) is 25.7 Å². The van der Waals surface area contributed by atoms with E-state index in [0.29, 0.717) is 5.92 Å². The van der Waals surface area contributed by atoms with E-state index in [2.05, 4.69) is 20.4 Å².